The molecule has 2 atom stereocenters. The first-order valence-electron chi connectivity index (χ1n) is 8.23. The molecule has 2 aliphatic heterocycles. The zero-order chi connectivity index (χ0) is 16.5. The monoisotopic (exact) mass is 447 g/mol. The third kappa shape index (κ3) is 3.52. The molecule has 2 bridgehead atoms. The molecule has 2 aliphatic rings. The average molecular weight is 449 g/mol. The van der Waals surface area contributed by atoms with Gasteiger partial charge in [-0.3, -0.25) is 4.90 Å². The molecule has 0 aliphatic carbocycles. The molecule has 0 amide bonds. The number of hydrogen-bond donors (Lipinski definition) is 0. The smallest absolute Gasteiger partial charge is 0.0658 e. The summed E-state index contributed by atoms with van der Waals surface area (Å²) in [6, 6.07) is 18.0. The zero-order valence-electron chi connectivity index (χ0n) is 13.3. The summed E-state index contributed by atoms with van der Waals surface area (Å²) in [6.45, 7) is 2.59. The summed E-state index contributed by atoms with van der Waals surface area (Å²) in [5.74, 6) is 0. The van der Waals surface area contributed by atoms with Crippen molar-refractivity contribution in [2.24, 2.45) is 0 Å². The minimum Gasteiger partial charge on any atom is -0.378 e. The Morgan fingerprint density at radius 2 is 1.75 bits per heavy atom. The number of fused-ring (bicyclic) bond motifs is 2. The first-order valence-corrected chi connectivity index (χ1v) is 9.82. The van der Waals surface area contributed by atoms with Crippen LogP contribution < -0.4 is 0 Å². The molecule has 24 heavy (non-hydrogen) atoms. The standard InChI is InChI=1S/C20H19Br2NO/c21-17-6-15(7-18(22)10-17)16-8-19-12-24-13-20(9-16)23(19)11-14-4-2-1-3-5-14/h1-8,10,19-20H,9,11-13H2. The van der Waals surface area contributed by atoms with E-state index in [1.807, 2.05) is 0 Å². The summed E-state index contributed by atoms with van der Waals surface area (Å²) in [5.41, 5.74) is 4.10. The Morgan fingerprint density at radius 3 is 2.46 bits per heavy atom. The highest BCUT2D eigenvalue weighted by atomic mass is 79.9. The van der Waals surface area contributed by atoms with E-state index in [9.17, 15) is 0 Å². The van der Waals surface area contributed by atoms with Crippen LogP contribution in [0, 0.1) is 0 Å². The van der Waals surface area contributed by atoms with Gasteiger partial charge in [-0.2, -0.15) is 0 Å². The lowest BCUT2D eigenvalue weighted by atomic mass is 9.89. The van der Waals surface area contributed by atoms with E-state index in [1.54, 1.807) is 0 Å². The van der Waals surface area contributed by atoms with Crippen molar-refractivity contribution in [2.45, 2.75) is 25.0 Å². The van der Waals surface area contributed by atoms with Crippen LogP contribution in [0.3, 0.4) is 0 Å². The van der Waals surface area contributed by atoms with Gasteiger partial charge in [0.25, 0.3) is 0 Å². The Balaban J connectivity index is 1.62. The molecule has 0 saturated carbocycles. The topological polar surface area (TPSA) is 12.5 Å². The van der Waals surface area contributed by atoms with Crippen LogP contribution in [-0.2, 0) is 11.3 Å². The van der Waals surface area contributed by atoms with Crippen LogP contribution in [0.4, 0.5) is 0 Å². The first-order chi connectivity index (χ1) is 11.7. The summed E-state index contributed by atoms with van der Waals surface area (Å²) in [6.07, 6.45) is 3.43. The van der Waals surface area contributed by atoms with E-state index in [0.29, 0.717) is 12.1 Å². The number of hydrogen-bond acceptors (Lipinski definition) is 2. The Morgan fingerprint density at radius 1 is 1.00 bits per heavy atom. The van der Waals surface area contributed by atoms with Gasteiger partial charge in [-0.05, 0) is 41.3 Å². The van der Waals surface area contributed by atoms with Crippen LogP contribution in [0.25, 0.3) is 5.57 Å². The van der Waals surface area contributed by atoms with Crippen LogP contribution in [0.5, 0.6) is 0 Å². The third-order valence-electron chi connectivity index (χ3n) is 4.78. The van der Waals surface area contributed by atoms with Crippen LogP contribution in [-0.4, -0.2) is 30.2 Å². The fourth-order valence-corrected chi connectivity index (χ4v) is 4.95. The molecule has 2 nitrogen and oxygen atoms in total. The van der Waals surface area contributed by atoms with Crippen LogP contribution in [0.2, 0.25) is 0 Å². The highest BCUT2D eigenvalue weighted by Gasteiger charge is 2.34. The lowest BCUT2D eigenvalue weighted by molar-refractivity contribution is -0.0402. The minimum atomic E-state index is 0.352. The molecule has 4 rings (SSSR count). The maximum atomic E-state index is 5.83. The van der Waals surface area contributed by atoms with Gasteiger partial charge in [0.05, 0.1) is 19.3 Å². The van der Waals surface area contributed by atoms with Crippen LogP contribution >= 0.6 is 31.9 Å². The van der Waals surface area contributed by atoms with Gasteiger partial charge in [0.2, 0.25) is 0 Å². The molecule has 1 fully saturated rings. The summed E-state index contributed by atoms with van der Waals surface area (Å²) >= 11 is 7.21. The van der Waals surface area contributed by atoms with Crippen molar-refractivity contribution in [3.8, 4) is 0 Å². The molecule has 2 heterocycles. The first kappa shape index (κ1) is 16.5. The molecule has 0 aromatic heterocycles. The normalized spacial score (nSPS) is 23.8. The number of rotatable bonds is 3. The maximum absolute atomic E-state index is 5.83. The molecule has 0 radical (unpaired) electrons. The van der Waals surface area contributed by atoms with Gasteiger partial charge in [0, 0.05) is 21.5 Å². The SMILES string of the molecule is Brc1cc(Br)cc(C2=CC3COCC(C2)N3Cc2ccccc2)c1. The number of ether oxygens (including phenoxy) is 1. The van der Waals surface area contributed by atoms with E-state index in [-0.39, 0.29) is 0 Å². The molecule has 0 spiro atoms. The van der Waals surface area contributed by atoms with Gasteiger partial charge in [-0.1, -0.05) is 68.3 Å². The number of benzene rings is 2. The number of halogens is 2. The molecule has 2 unspecified atom stereocenters. The highest BCUT2D eigenvalue weighted by Crippen LogP contribution is 2.35. The van der Waals surface area contributed by atoms with Gasteiger partial charge < -0.3 is 4.74 Å². The third-order valence-corrected chi connectivity index (χ3v) is 5.70. The Kier molecular flexibility index (Phi) is 4.90. The fourth-order valence-electron chi connectivity index (χ4n) is 3.66. The van der Waals surface area contributed by atoms with Crippen LogP contribution in [0.15, 0.2) is 63.6 Å². The lowest BCUT2D eigenvalue weighted by Gasteiger charge is -2.45. The van der Waals surface area contributed by atoms with Crippen molar-refractivity contribution in [2.75, 3.05) is 13.2 Å². The quantitative estimate of drug-likeness (QED) is 0.634. The number of nitrogens with zero attached hydrogens (tertiary/aromatic N) is 1. The minimum absolute atomic E-state index is 0.352. The Bertz CT molecular complexity index is 739. The van der Waals surface area contributed by atoms with E-state index in [4.69, 9.17) is 4.74 Å². The van der Waals surface area contributed by atoms with E-state index >= 15 is 0 Å². The Labute approximate surface area is 159 Å². The lowest BCUT2D eigenvalue weighted by Crippen LogP contribution is -2.53. The van der Waals surface area contributed by atoms with E-state index in [1.165, 1.54) is 16.7 Å². The van der Waals surface area contributed by atoms with Crippen LogP contribution in [0.1, 0.15) is 17.5 Å². The second-order valence-corrected chi connectivity index (χ2v) is 8.30. The summed E-state index contributed by atoms with van der Waals surface area (Å²) in [5, 5.41) is 0. The largest absolute Gasteiger partial charge is 0.378 e. The molecule has 124 valence electrons. The highest BCUT2D eigenvalue weighted by molar-refractivity contribution is 9.11. The van der Waals surface area contributed by atoms with Gasteiger partial charge >= 0.3 is 0 Å². The predicted octanol–water partition coefficient (Wildman–Crippen LogP) is 5.27. The van der Waals surface area contributed by atoms with Crippen molar-refractivity contribution in [3.05, 3.63) is 74.7 Å². The molecule has 4 heteroatoms. The van der Waals surface area contributed by atoms with E-state index in [2.05, 4.69) is 91.4 Å². The molecule has 2 aromatic rings. The second-order valence-electron chi connectivity index (χ2n) is 6.47. The van der Waals surface area contributed by atoms with E-state index in [0.717, 1.165) is 35.1 Å². The molecule has 2 aromatic carbocycles. The molecular weight excluding hydrogens is 430 g/mol. The van der Waals surface area contributed by atoms with Crippen molar-refractivity contribution in [1.29, 1.82) is 0 Å². The summed E-state index contributed by atoms with van der Waals surface area (Å²) in [4.78, 5) is 2.59. The van der Waals surface area contributed by atoms with Gasteiger partial charge in [-0.25, -0.2) is 0 Å². The van der Waals surface area contributed by atoms with Crippen molar-refractivity contribution < 1.29 is 4.74 Å². The van der Waals surface area contributed by atoms with Gasteiger partial charge in [-0.15, -0.1) is 0 Å². The molecule has 0 N–H and O–H groups in total. The molecule has 1 saturated heterocycles. The van der Waals surface area contributed by atoms with Gasteiger partial charge in [0.15, 0.2) is 0 Å². The average Bonchev–Trinajstić information content (AvgIpc) is 2.54. The van der Waals surface area contributed by atoms with Crippen molar-refractivity contribution >= 4 is 37.4 Å². The molecular formula is C20H19Br2NO. The number of morpholine rings is 1. The van der Waals surface area contributed by atoms with Crippen molar-refractivity contribution in [3.63, 3.8) is 0 Å². The van der Waals surface area contributed by atoms with Crippen molar-refractivity contribution in [1.82, 2.24) is 4.90 Å². The summed E-state index contributed by atoms with van der Waals surface area (Å²) < 4.78 is 8.06. The van der Waals surface area contributed by atoms with E-state index < -0.39 is 0 Å². The van der Waals surface area contributed by atoms with Gasteiger partial charge in [0.1, 0.15) is 0 Å². The zero-order valence-corrected chi connectivity index (χ0v) is 16.5. The Hall–Kier alpha value is -0.940. The summed E-state index contributed by atoms with van der Waals surface area (Å²) in [7, 11) is 0. The second kappa shape index (κ2) is 7.12. The predicted molar refractivity (Wildman–Crippen MR) is 105 cm³/mol. The fraction of sp³-hybridized carbons (Fsp3) is 0.300. The maximum Gasteiger partial charge on any atom is 0.0658 e.